The van der Waals surface area contributed by atoms with Gasteiger partial charge in [0.05, 0.1) is 11.5 Å². The van der Waals surface area contributed by atoms with Gasteiger partial charge in [0.15, 0.2) is 0 Å². The molecular formula is C18H21NO2. The number of aliphatic hydroxyl groups excluding tert-OH is 1. The van der Waals surface area contributed by atoms with E-state index in [1.165, 1.54) is 0 Å². The monoisotopic (exact) mass is 283 g/mol. The van der Waals surface area contributed by atoms with Crippen molar-refractivity contribution in [2.45, 2.75) is 25.4 Å². The smallest absolute Gasteiger partial charge is 0.230 e. The molecule has 2 N–H and O–H groups in total. The van der Waals surface area contributed by atoms with Gasteiger partial charge in [-0.3, -0.25) is 4.79 Å². The van der Waals surface area contributed by atoms with Crippen molar-refractivity contribution in [3.8, 4) is 0 Å². The lowest BCUT2D eigenvalue weighted by atomic mass is 9.83. The van der Waals surface area contributed by atoms with Crippen molar-refractivity contribution in [1.29, 1.82) is 0 Å². The number of nitrogens with one attached hydrogen (secondary N) is 1. The van der Waals surface area contributed by atoms with Crippen molar-refractivity contribution in [2.24, 2.45) is 0 Å². The summed E-state index contributed by atoms with van der Waals surface area (Å²) in [6.07, 6.45) is -0.693. The number of carbonyl (C=O) groups excluding carboxylic acids is 1. The van der Waals surface area contributed by atoms with E-state index in [1.54, 1.807) is 0 Å². The van der Waals surface area contributed by atoms with Gasteiger partial charge in [0.25, 0.3) is 0 Å². The Labute approximate surface area is 125 Å². The molecule has 0 aliphatic heterocycles. The summed E-state index contributed by atoms with van der Waals surface area (Å²) in [5.41, 5.74) is 1.13. The van der Waals surface area contributed by atoms with Crippen LogP contribution in [0.4, 0.5) is 0 Å². The van der Waals surface area contributed by atoms with Gasteiger partial charge in [-0.25, -0.2) is 0 Å². The zero-order chi connectivity index (χ0) is 15.3. The second-order valence-corrected chi connectivity index (χ2v) is 5.63. The van der Waals surface area contributed by atoms with Gasteiger partial charge in [0.2, 0.25) is 5.91 Å². The molecule has 0 radical (unpaired) electrons. The van der Waals surface area contributed by atoms with Crippen LogP contribution in [-0.4, -0.2) is 17.6 Å². The molecule has 1 atom stereocenters. The van der Waals surface area contributed by atoms with Crippen molar-refractivity contribution < 1.29 is 9.90 Å². The Hall–Kier alpha value is -2.13. The van der Waals surface area contributed by atoms with Crippen molar-refractivity contribution in [3.05, 3.63) is 71.8 Å². The van der Waals surface area contributed by atoms with Crippen molar-refractivity contribution in [3.63, 3.8) is 0 Å². The van der Waals surface area contributed by atoms with Gasteiger partial charge in [-0.05, 0) is 25.0 Å². The number of aliphatic hydroxyl groups is 1. The first-order chi connectivity index (χ1) is 10.0. The first kappa shape index (κ1) is 15.3. The quantitative estimate of drug-likeness (QED) is 0.886. The topological polar surface area (TPSA) is 49.3 Å². The van der Waals surface area contributed by atoms with E-state index < -0.39 is 11.5 Å². The molecular weight excluding hydrogens is 262 g/mol. The standard InChI is InChI=1S/C18H21NO2/c1-18(2,15-11-7-4-8-12-15)17(21)19-13-16(20)14-9-5-3-6-10-14/h3-12,16,20H,13H2,1-2H3,(H,19,21). The highest BCUT2D eigenvalue weighted by atomic mass is 16.3. The molecule has 2 aromatic carbocycles. The Kier molecular flexibility index (Phi) is 4.76. The molecule has 0 spiro atoms. The molecule has 2 rings (SSSR count). The van der Waals surface area contributed by atoms with E-state index >= 15 is 0 Å². The molecule has 0 heterocycles. The van der Waals surface area contributed by atoms with Gasteiger partial charge in [0, 0.05) is 6.54 Å². The Morgan fingerprint density at radius 2 is 1.57 bits per heavy atom. The van der Waals surface area contributed by atoms with Gasteiger partial charge >= 0.3 is 0 Å². The Morgan fingerprint density at radius 3 is 2.14 bits per heavy atom. The summed E-state index contributed by atoms with van der Waals surface area (Å²) in [6.45, 7) is 3.97. The average Bonchev–Trinajstić information content (AvgIpc) is 2.53. The van der Waals surface area contributed by atoms with E-state index in [2.05, 4.69) is 5.32 Å². The van der Waals surface area contributed by atoms with Crippen LogP contribution in [0.3, 0.4) is 0 Å². The van der Waals surface area contributed by atoms with Crippen LogP contribution in [-0.2, 0) is 10.2 Å². The second-order valence-electron chi connectivity index (χ2n) is 5.63. The Balaban J connectivity index is 1.99. The molecule has 0 fully saturated rings. The molecule has 0 bridgehead atoms. The summed E-state index contributed by atoms with van der Waals surface area (Å²) in [6, 6.07) is 19.0. The highest BCUT2D eigenvalue weighted by Crippen LogP contribution is 2.23. The highest BCUT2D eigenvalue weighted by Gasteiger charge is 2.29. The van der Waals surface area contributed by atoms with Crippen molar-refractivity contribution in [2.75, 3.05) is 6.54 Å². The lowest BCUT2D eigenvalue weighted by Crippen LogP contribution is -2.41. The first-order valence-corrected chi connectivity index (χ1v) is 7.08. The summed E-state index contributed by atoms with van der Waals surface area (Å²) in [4.78, 5) is 12.4. The van der Waals surface area contributed by atoms with Gasteiger partial charge in [0.1, 0.15) is 0 Å². The predicted octanol–water partition coefficient (Wildman–Crippen LogP) is 2.81. The third kappa shape index (κ3) is 3.70. The minimum Gasteiger partial charge on any atom is -0.387 e. The zero-order valence-electron chi connectivity index (χ0n) is 12.4. The van der Waals surface area contributed by atoms with Crippen LogP contribution < -0.4 is 5.32 Å². The molecule has 3 nitrogen and oxygen atoms in total. The van der Waals surface area contributed by atoms with Crippen LogP contribution in [0, 0.1) is 0 Å². The second kappa shape index (κ2) is 6.55. The predicted molar refractivity (Wildman–Crippen MR) is 83.9 cm³/mol. The molecule has 110 valence electrons. The molecule has 0 aliphatic carbocycles. The minimum absolute atomic E-state index is 0.0938. The third-order valence-corrected chi connectivity index (χ3v) is 3.70. The van der Waals surface area contributed by atoms with E-state index in [0.29, 0.717) is 0 Å². The molecule has 0 saturated carbocycles. The molecule has 2 aromatic rings. The van der Waals surface area contributed by atoms with E-state index in [1.807, 2.05) is 74.5 Å². The van der Waals surface area contributed by atoms with Crippen molar-refractivity contribution >= 4 is 5.91 Å². The minimum atomic E-state index is -0.693. The number of hydrogen-bond donors (Lipinski definition) is 2. The highest BCUT2D eigenvalue weighted by molar-refractivity contribution is 5.87. The molecule has 0 aromatic heterocycles. The summed E-state index contributed by atoms with van der Waals surface area (Å²) < 4.78 is 0. The normalized spacial score (nSPS) is 12.7. The van der Waals surface area contributed by atoms with Crippen LogP contribution >= 0.6 is 0 Å². The van der Waals surface area contributed by atoms with Gasteiger partial charge in [-0.15, -0.1) is 0 Å². The lowest BCUT2D eigenvalue weighted by molar-refractivity contribution is -0.126. The van der Waals surface area contributed by atoms with Crippen LogP contribution in [0.15, 0.2) is 60.7 Å². The van der Waals surface area contributed by atoms with E-state index in [0.717, 1.165) is 11.1 Å². The first-order valence-electron chi connectivity index (χ1n) is 7.08. The summed E-state index contributed by atoms with van der Waals surface area (Å²) in [7, 11) is 0. The molecule has 3 heteroatoms. The number of amides is 1. The van der Waals surface area contributed by atoms with Crippen LogP contribution in [0.2, 0.25) is 0 Å². The molecule has 21 heavy (non-hydrogen) atoms. The van der Waals surface area contributed by atoms with Crippen LogP contribution in [0.25, 0.3) is 0 Å². The third-order valence-electron chi connectivity index (χ3n) is 3.70. The van der Waals surface area contributed by atoms with Gasteiger partial charge in [-0.1, -0.05) is 60.7 Å². The summed E-state index contributed by atoms with van der Waals surface area (Å²) in [5, 5.41) is 12.9. The number of rotatable bonds is 5. The summed E-state index contributed by atoms with van der Waals surface area (Å²) >= 11 is 0. The van der Waals surface area contributed by atoms with Gasteiger partial charge < -0.3 is 10.4 Å². The SMILES string of the molecule is CC(C)(C(=O)NCC(O)c1ccccc1)c1ccccc1. The maximum atomic E-state index is 12.4. The number of hydrogen-bond acceptors (Lipinski definition) is 2. The number of benzene rings is 2. The van der Waals surface area contributed by atoms with Crippen molar-refractivity contribution in [1.82, 2.24) is 5.32 Å². The van der Waals surface area contributed by atoms with E-state index in [-0.39, 0.29) is 12.5 Å². The maximum Gasteiger partial charge on any atom is 0.230 e. The zero-order valence-corrected chi connectivity index (χ0v) is 12.4. The fourth-order valence-corrected chi connectivity index (χ4v) is 2.19. The molecule has 1 unspecified atom stereocenters. The molecule has 0 saturated heterocycles. The fraction of sp³-hybridized carbons (Fsp3) is 0.278. The van der Waals surface area contributed by atoms with Crippen LogP contribution in [0.1, 0.15) is 31.1 Å². The Bertz CT molecular complexity index is 579. The number of carbonyl (C=O) groups is 1. The average molecular weight is 283 g/mol. The Morgan fingerprint density at radius 1 is 1.05 bits per heavy atom. The maximum absolute atomic E-state index is 12.4. The largest absolute Gasteiger partial charge is 0.387 e. The van der Waals surface area contributed by atoms with Crippen LogP contribution in [0.5, 0.6) is 0 Å². The van der Waals surface area contributed by atoms with E-state index in [4.69, 9.17) is 0 Å². The van der Waals surface area contributed by atoms with E-state index in [9.17, 15) is 9.90 Å². The fourth-order valence-electron chi connectivity index (χ4n) is 2.19. The van der Waals surface area contributed by atoms with Gasteiger partial charge in [-0.2, -0.15) is 0 Å². The molecule has 1 amide bonds. The lowest BCUT2D eigenvalue weighted by Gasteiger charge is -2.25. The summed E-state index contributed by atoms with van der Waals surface area (Å²) in [5.74, 6) is -0.0938. The molecule has 0 aliphatic rings.